The van der Waals surface area contributed by atoms with Crippen molar-refractivity contribution in [3.05, 3.63) is 40.9 Å². The summed E-state index contributed by atoms with van der Waals surface area (Å²) < 4.78 is 6.12. The molecule has 2 rings (SSSR count). The Labute approximate surface area is 96.0 Å². The summed E-state index contributed by atoms with van der Waals surface area (Å²) in [7, 11) is 0. The Morgan fingerprint density at radius 3 is 2.47 bits per heavy atom. The lowest BCUT2D eigenvalue weighted by molar-refractivity contribution is -0.131. The van der Waals surface area contributed by atoms with E-state index in [1.165, 1.54) is 6.92 Å². The second-order valence-electron chi connectivity index (χ2n) is 3.18. The third-order valence-corrected chi connectivity index (χ3v) is 2.78. The van der Waals surface area contributed by atoms with Crippen molar-refractivity contribution in [2.75, 3.05) is 0 Å². The molecule has 2 nitrogen and oxygen atoms in total. The molecule has 0 amide bonds. The third kappa shape index (κ3) is 2.02. The van der Waals surface area contributed by atoms with Gasteiger partial charge >= 0.3 is 5.97 Å². The van der Waals surface area contributed by atoms with Gasteiger partial charge in [0, 0.05) is 16.8 Å². The van der Waals surface area contributed by atoms with Crippen LogP contribution in [0.1, 0.15) is 6.92 Å². The Morgan fingerprint density at radius 2 is 1.80 bits per heavy atom. The zero-order valence-corrected chi connectivity index (χ0v) is 9.74. The molecule has 0 saturated heterocycles. The van der Waals surface area contributed by atoms with Gasteiger partial charge in [-0.25, -0.2) is 0 Å². The molecule has 0 bridgehead atoms. The van der Waals surface area contributed by atoms with Crippen LogP contribution in [0.5, 0.6) is 5.75 Å². The van der Waals surface area contributed by atoms with E-state index in [2.05, 4.69) is 15.9 Å². The Balaban J connectivity index is 2.66. The van der Waals surface area contributed by atoms with E-state index in [1.54, 1.807) is 6.07 Å². The molecular weight excluding hydrogens is 256 g/mol. The van der Waals surface area contributed by atoms with Gasteiger partial charge in [0.1, 0.15) is 5.75 Å². The second-order valence-corrected chi connectivity index (χ2v) is 4.04. The Morgan fingerprint density at radius 1 is 1.13 bits per heavy atom. The van der Waals surface area contributed by atoms with Crippen LogP contribution in [0.3, 0.4) is 0 Å². The normalized spacial score (nSPS) is 10.3. The van der Waals surface area contributed by atoms with Crippen molar-refractivity contribution in [3.63, 3.8) is 0 Å². The summed E-state index contributed by atoms with van der Waals surface area (Å²) in [4.78, 5) is 10.9. The molecule has 0 N–H and O–H groups in total. The first kappa shape index (κ1) is 10.2. The topological polar surface area (TPSA) is 26.3 Å². The molecule has 15 heavy (non-hydrogen) atoms. The Bertz CT molecular complexity index is 520. The molecular formula is C12H9BrO2. The van der Waals surface area contributed by atoms with E-state index in [0.29, 0.717) is 5.75 Å². The van der Waals surface area contributed by atoms with Gasteiger partial charge in [-0.1, -0.05) is 40.2 Å². The number of rotatable bonds is 1. The molecule has 3 heteroatoms. The number of carbonyl (C=O) groups is 1. The monoisotopic (exact) mass is 264 g/mol. The molecule has 0 spiro atoms. The molecule has 0 saturated carbocycles. The largest absolute Gasteiger partial charge is 0.426 e. The second kappa shape index (κ2) is 4.03. The molecule has 76 valence electrons. The van der Waals surface area contributed by atoms with Crippen molar-refractivity contribution in [1.82, 2.24) is 0 Å². The van der Waals surface area contributed by atoms with E-state index < -0.39 is 0 Å². The minimum atomic E-state index is -0.303. The van der Waals surface area contributed by atoms with Gasteiger partial charge in [-0.2, -0.15) is 0 Å². The van der Waals surface area contributed by atoms with Crippen LogP contribution in [0.2, 0.25) is 0 Å². The molecule has 0 heterocycles. The molecule has 0 aliphatic rings. The van der Waals surface area contributed by atoms with Crippen LogP contribution < -0.4 is 4.74 Å². The van der Waals surface area contributed by atoms with E-state index >= 15 is 0 Å². The van der Waals surface area contributed by atoms with Gasteiger partial charge in [-0.3, -0.25) is 4.79 Å². The highest BCUT2D eigenvalue weighted by molar-refractivity contribution is 9.10. The fourth-order valence-corrected chi connectivity index (χ4v) is 1.96. The number of esters is 1. The van der Waals surface area contributed by atoms with E-state index in [0.717, 1.165) is 15.2 Å². The average Bonchev–Trinajstić information content (AvgIpc) is 2.22. The van der Waals surface area contributed by atoms with E-state index in [1.807, 2.05) is 30.3 Å². The summed E-state index contributed by atoms with van der Waals surface area (Å²) in [6.45, 7) is 1.40. The minimum Gasteiger partial charge on any atom is -0.426 e. The van der Waals surface area contributed by atoms with Gasteiger partial charge in [0.2, 0.25) is 0 Å². The van der Waals surface area contributed by atoms with Crippen LogP contribution in [-0.2, 0) is 4.79 Å². The molecule has 0 fully saturated rings. The number of ether oxygens (including phenoxy) is 1. The lowest BCUT2D eigenvalue weighted by Crippen LogP contribution is -2.01. The predicted molar refractivity (Wildman–Crippen MR) is 63.0 cm³/mol. The van der Waals surface area contributed by atoms with Crippen molar-refractivity contribution in [3.8, 4) is 5.75 Å². The van der Waals surface area contributed by atoms with Crippen LogP contribution in [0, 0.1) is 0 Å². The van der Waals surface area contributed by atoms with Crippen LogP contribution in [0.4, 0.5) is 0 Å². The van der Waals surface area contributed by atoms with E-state index in [4.69, 9.17) is 4.74 Å². The number of benzene rings is 2. The molecule has 0 radical (unpaired) electrons. The zero-order valence-electron chi connectivity index (χ0n) is 8.16. The zero-order chi connectivity index (χ0) is 10.8. The first-order valence-electron chi connectivity index (χ1n) is 4.54. The molecule has 0 aliphatic heterocycles. The summed E-state index contributed by atoms with van der Waals surface area (Å²) in [6, 6.07) is 11.4. The predicted octanol–water partition coefficient (Wildman–Crippen LogP) is 3.53. The summed E-state index contributed by atoms with van der Waals surface area (Å²) in [6.07, 6.45) is 0. The molecule has 2 aromatic carbocycles. The first-order chi connectivity index (χ1) is 7.18. The van der Waals surface area contributed by atoms with Crippen molar-refractivity contribution in [2.24, 2.45) is 0 Å². The number of fused-ring (bicyclic) bond motifs is 1. The third-order valence-electron chi connectivity index (χ3n) is 2.08. The fourth-order valence-electron chi connectivity index (χ4n) is 1.48. The minimum absolute atomic E-state index is 0.303. The quantitative estimate of drug-likeness (QED) is 0.582. The lowest BCUT2D eigenvalue weighted by Gasteiger charge is -2.06. The Hall–Kier alpha value is -1.35. The molecule has 2 aromatic rings. The van der Waals surface area contributed by atoms with Gasteiger partial charge in [0.15, 0.2) is 0 Å². The molecule has 0 unspecified atom stereocenters. The van der Waals surface area contributed by atoms with Gasteiger partial charge in [0.05, 0.1) is 0 Å². The van der Waals surface area contributed by atoms with Gasteiger partial charge < -0.3 is 4.74 Å². The maximum absolute atomic E-state index is 10.9. The van der Waals surface area contributed by atoms with E-state index in [9.17, 15) is 4.79 Å². The van der Waals surface area contributed by atoms with Crippen molar-refractivity contribution >= 4 is 32.7 Å². The standard InChI is InChI=1S/C12H9BrO2/c1-8(14)15-12-7-6-11(13)9-4-2-3-5-10(9)12/h2-7H,1H3. The molecule has 0 aromatic heterocycles. The van der Waals surface area contributed by atoms with Crippen molar-refractivity contribution < 1.29 is 9.53 Å². The Kier molecular flexibility index (Phi) is 2.73. The summed E-state index contributed by atoms with van der Waals surface area (Å²) >= 11 is 3.46. The van der Waals surface area contributed by atoms with E-state index in [-0.39, 0.29) is 5.97 Å². The van der Waals surface area contributed by atoms with Crippen LogP contribution in [0.25, 0.3) is 10.8 Å². The number of halogens is 1. The summed E-state index contributed by atoms with van der Waals surface area (Å²) in [5.74, 6) is 0.295. The highest BCUT2D eigenvalue weighted by atomic mass is 79.9. The summed E-state index contributed by atoms with van der Waals surface area (Å²) in [5, 5.41) is 1.97. The summed E-state index contributed by atoms with van der Waals surface area (Å²) in [5.41, 5.74) is 0. The molecule has 0 atom stereocenters. The van der Waals surface area contributed by atoms with Gasteiger partial charge in [-0.05, 0) is 17.5 Å². The number of hydrogen-bond donors (Lipinski definition) is 0. The SMILES string of the molecule is CC(=O)Oc1ccc(Br)c2ccccc12. The fraction of sp³-hybridized carbons (Fsp3) is 0.0833. The highest BCUT2D eigenvalue weighted by Crippen LogP contribution is 2.31. The van der Waals surface area contributed by atoms with Crippen molar-refractivity contribution in [1.29, 1.82) is 0 Å². The van der Waals surface area contributed by atoms with Crippen molar-refractivity contribution in [2.45, 2.75) is 6.92 Å². The van der Waals surface area contributed by atoms with Gasteiger partial charge in [-0.15, -0.1) is 0 Å². The maximum Gasteiger partial charge on any atom is 0.308 e. The number of hydrogen-bond acceptors (Lipinski definition) is 2. The number of carbonyl (C=O) groups excluding carboxylic acids is 1. The highest BCUT2D eigenvalue weighted by Gasteiger charge is 2.06. The lowest BCUT2D eigenvalue weighted by atomic mass is 10.1. The van der Waals surface area contributed by atoms with Crippen LogP contribution in [0.15, 0.2) is 40.9 Å². The smallest absolute Gasteiger partial charge is 0.308 e. The average molecular weight is 265 g/mol. The maximum atomic E-state index is 10.9. The van der Waals surface area contributed by atoms with Gasteiger partial charge in [0.25, 0.3) is 0 Å². The molecule has 0 aliphatic carbocycles. The van der Waals surface area contributed by atoms with Crippen LogP contribution >= 0.6 is 15.9 Å². The van der Waals surface area contributed by atoms with Crippen LogP contribution in [-0.4, -0.2) is 5.97 Å². The first-order valence-corrected chi connectivity index (χ1v) is 5.33.